The SMILES string of the molecule is Cc1cccc(Cl)c1NC(=O)C(c1ccc(O)cc1)N(C(=O)C(C)NC(=O)OC(C)(C)C)C1CC1. The van der Waals surface area contributed by atoms with Gasteiger partial charge in [0.1, 0.15) is 23.4 Å². The van der Waals surface area contributed by atoms with Gasteiger partial charge in [-0.2, -0.15) is 0 Å². The lowest BCUT2D eigenvalue weighted by molar-refractivity contribution is -0.141. The number of hydrogen-bond acceptors (Lipinski definition) is 5. The molecule has 8 nitrogen and oxygen atoms in total. The molecule has 0 spiro atoms. The van der Waals surface area contributed by atoms with Crippen molar-refractivity contribution in [1.82, 2.24) is 10.2 Å². The van der Waals surface area contributed by atoms with Crippen molar-refractivity contribution in [1.29, 1.82) is 0 Å². The van der Waals surface area contributed by atoms with Gasteiger partial charge in [0.15, 0.2) is 0 Å². The Labute approximate surface area is 210 Å². The Hall–Kier alpha value is -3.26. The Morgan fingerprint density at radius 3 is 2.29 bits per heavy atom. The van der Waals surface area contributed by atoms with Gasteiger partial charge in [0.25, 0.3) is 5.91 Å². The lowest BCUT2D eigenvalue weighted by atomic mass is 10.0. The standard InChI is InChI=1S/C26H32ClN3O5/c1-15-7-6-8-20(27)21(15)29-23(32)22(17-9-13-19(31)14-10-17)30(18-11-12-18)24(33)16(2)28-25(34)35-26(3,4)5/h6-10,13-14,16,18,22,31H,11-12H2,1-5H3,(H,28,34)(H,29,32). The summed E-state index contributed by atoms with van der Waals surface area (Å²) in [6.07, 6.45) is 0.752. The quantitative estimate of drug-likeness (QED) is 0.498. The first-order valence-corrected chi connectivity index (χ1v) is 11.9. The number of ether oxygens (including phenoxy) is 1. The van der Waals surface area contributed by atoms with E-state index in [9.17, 15) is 19.5 Å². The van der Waals surface area contributed by atoms with Crippen LogP contribution in [0.2, 0.25) is 5.02 Å². The number of amides is 3. The van der Waals surface area contributed by atoms with Crippen LogP contribution in [0, 0.1) is 6.92 Å². The number of benzene rings is 2. The summed E-state index contributed by atoms with van der Waals surface area (Å²) in [5, 5.41) is 15.6. The minimum absolute atomic E-state index is 0.0408. The summed E-state index contributed by atoms with van der Waals surface area (Å²) in [6, 6.07) is 9.33. The molecule has 0 aliphatic heterocycles. The van der Waals surface area contributed by atoms with Gasteiger partial charge < -0.3 is 25.4 Å². The first-order valence-electron chi connectivity index (χ1n) is 11.5. The molecule has 0 aromatic heterocycles. The summed E-state index contributed by atoms with van der Waals surface area (Å²) >= 11 is 6.33. The van der Waals surface area contributed by atoms with Crippen LogP contribution in [0.3, 0.4) is 0 Å². The highest BCUT2D eigenvalue weighted by atomic mass is 35.5. The van der Waals surface area contributed by atoms with Crippen molar-refractivity contribution in [2.45, 2.75) is 71.2 Å². The van der Waals surface area contributed by atoms with E-state index in [1.165, 1.54) is 17.0 Å². The molecule has 0 bridgehead atoms. The Morgan fingerprint density at radius 2 is 1.74 bits per heavy atom. The second-order valence-corrected chi connectivity index (χ2v) is 10.2. The van der Waals surface area contributed by atoms with Crippen molar-refractivity contribution < 1.29 is 24.2 Å². The summed E-state index contributed by atoms with van der Waals surface area (Å²) in [4.78, 5) is 41.1. The van der Waals surface area contributed by atoms with Gasteiger partial charge >= 0.3 is 6.09 Å². The van der Waals surface area contributed by atoms with Crippen LogP contribution in [0.15, 0.2) is 42.5 Å². The number of carbonyl (C=O) groups excluding carboxylic acids is 3. The number of phenolic OH excluding ortho intramolecular Hbond substituents is 1. The molecule has 2 aromatic rings. The first kappa shape index (κ1) is 26.3. The molecule has 2 atom stereocenters. The van der Waals surface area contributed by atoms with Gasteiger partial charge in [-0.05, 0) is 76.8 Å². The van der Waals surface area contributed by atoms with Gasteiger partial charge in [0.2, 0.25) is 5.91 Å². The molecule has 1 aliphatic rings. The number of hydrogen-bond donors (Lipinski definition) is 3. The van der Waals surface area contributed by atoms with Crippen molar-refractivity contribution in [2.75, 3.05) is 5.32 Å². The fraction of sp³-hybridized carbons (Fsp3) is 0.423. The third-order valence-corrected chi connectivity index (χ3v) is 5.82. The number of anilines is 1. The highest BCUT2D eigenvalue weighted by molar-refractivity contribution is 6.34. The van der Waals surface area contributed by atoms with Crippen LogP contribution >= 0.6 is 11.6 Å². The maximum atomic E-state index is 13.7. The van der Waals surface area contributed by atoms with Crippen LogP contribution in [-0.4, -0.2) is 45.6 Å². The van der Waals surface area contributed by atoms with Crippen molar-refractivity contribution in [2.24, 2.45) is 0 Å². The van der Waals surface area contributed by atoms with Crippen LogP contribution in [-0.2, 0) is 14.3 Å². The highest BCUT2D eigenvalue weighted by Gasteiger charge is 2.43. The molecule has 2 aromatic carbocycles. The topological polar surface area (TPSA) is 108 Å². The third kappa shape index (κ3) is 6.88. The van der Waals surface area contributed by atoms with Crippen molar-refractivity contribution in [3.05, 3.63) is 58.6 Å². The fourth-order valence-electron chi connectivity index (χ4n) is 3.72. The number of nitrogens with one attached hydrogen (secondary N) is 2. The Morgan fingerprint density at radius 1 is 1.11 bits per heavy atom. The van der Waals surface area contributed by atoms with Crippen LogP contribution in [0.25, 0.3) is 0 Å². The van der Waals surface area contributed by atoms with Gasteiger partial charge in [-0.3, -0.25) is 9.59 Å². The van der Waals surface area contributed by atoms with Gasteiger partial charge in [-0.1, -0.05) is 35.9 Å². The van der Waals surface area contributed by atoms with Gasteiger partial charge in [0.05, 0.1) is 10.7 Å². The van der Waals surface area contributed by atoms with E-state index in [-0.39, 0.29) is 11.8 Å². The molecule has 2 unspecified atom stereocenters. The molecule has 35 heavy (non-hydrogen) atoms. The zero-order valence-electron chi connectivity index (χ0n) is 20.6. The molecule has 9 heteroatoms. The lowest BCUT2D eigenvalue weighted by Crippen LogP contribution is -2.52. The molecule has 188 valence electrons. The Kier molecular flexibility index (Phi) is 7.95. The average molecular weight is 502 g/mol. The molecule has 1 aliphatic carbocycles. The third-order valence-electron chi connectivity index (χ3n) is 5.50. The largest absolute Gasteiger partial charge is 0.508 e. The molecule has 3 rings (SSSR count). The summed E-state index contributed by atoms with van der Waals surface area (Å²) < 4.78 is 5.28. The van der Waals surface area contributed by atoms with E-state index in [0.29, 0.717) is 16.3 Å². The van der Waals surface area contributed by atoms with Crippen LogP contribution in [0.4, 0.5) is 10.5 Å². The van der Waals surface area contributed by atoms with E-state index >= 15 is 0 Å². The summed E-state index contributed by atoms with van der Waals surface area (Å²) in [5.74, 6) is -0.821. The number of rotatable bonds is 7. The summed E-state index contributed by atoms with van der Waals surface area (Å²) in [5.41, 5.74) is 1.05. The predicted octanol–water partition coefficient (Wildman–Crippen LogP) is 4.94. The maximum Gasteiger partial charge on any atom is 0.408 e. The average Bonchev–Trinajstić information content (AvgIpc) is 3.58. The fourth-order valence-corrected chi connectivity index (χ4v) is 3.99. The number of carbonyl (C=O) groups is 3. The van der Waals surface area contributed by atoms with E-state index < -0.39 is 35.6 Å². The lowest BCUT2D eigenvalue weighted by Gasteiger charge is -2.34. The molecular formula is C26H32ClN3O5. The molecular weight excluding hydrogens is 470 g/mol. The van der Waals surface area contributed by atoms with Crippen molar-refractivity contribution in [3.8, 4) is 5.75 Å². The van der Waals surface area contributed by atoms with Crippen LogP contribution in [0.1, 0.15) is 57.7 Å². The number of para-hydroxylation sites is 1. The van der Waals surface area contributed by atoms with Gasteiger partial charge in [-0.25, -0.2) is 4.79 Å². The minimum Gasteiger partial charge on any atom is -0.508 e. The van der Waals surface area contributed by atoms with Crippen LogP contribution < -0.4 is 10.6 Å². The van der Waals surface area contributed by atoms with Gasteiger partial charge in [-0.15, -0.1) is 0 Å². The maximum absolute atomic E-state index is 13.7. The molecule has 1 fully saturated rings. The second-order valence-electron chi connectivity index (χ2n) is 9.76. The van der Waals surface area contributed by atoms with Crippen molar-refractivity contribution in [3.63, 3.8) is 0 Å². The molecule has 0 heterocycles. The molecule has 0 saturated heterocycles. The van der Waals surface area contributed by atoms with Gasteiger partial charge in [0, 0.05) is 6.04 Å². The monoisotopic (exact) mass is 501 g/mol. The molecule has 3 N–H and O–H groups in total. The van der Waals surface area contributed by atoms with E-state index in [1.54, 1.807) is 52.0 Å². The second kappa shape index (κ2) is 10.6. The zero-order valence-corrected chi connectivity index (χ0v) is 21.3. The van der Waals surface area contributed by atoms with Crippen molar-refractivity contribution >= 4 is 35.2 Å². The Bertz CT molecular complexity index is 1070. The number of nitrogens with zero attached hydrogens (tertiary/aromatic N) is 1. The zero-order chi connectivity index (χ0) is 25.9. The smallest absolute Gasteiger partial charge is 0.408 e. The van der Waals surface area contributed by atoms with E-state index in [2.05, 4.69) is 10.6 Å². The van der Waals surface area contributed by atoms with Crippen LogP contribution in [0.5, 0.6) is 5.75 Å². The predicted molar refractivity (Wildman–Crippen MR) is 134 cm³/mol. The van der Waals surface area contributed by atoms with E-state index in [0.717, 1.165) is 18.4 Å². The van der Waals surface area contributed by atoms with E-state index in [4.69, 9.17) is 16.3 Å². The number of halogens is 1. The first-order chi connectivity index (χ1) is 16.4. The molecule has 1 saturated carbocycles. The molecule has 0 radical (unpaired) electrons. The number of alkyl carbamates (subject to hydrolysis) is 1. The normalized spacial score (nSPS) is 15.0. The minimum atomic E-state index is -1.01. The van der Waals surface area contributed by atoms with E-state index in [1.807, 2.05) is 13.0 Å². The number of phenols is 1. The number of aromatic hydroxyl groups is 1. The summed E-state index contributed by atoms with van der Waals surface area (Å²) in [7, 11) is 0. The molecule has 3 amide bonds. The number of aryl methyl sites for hydroxylation is 1. The Balaban J connectivity index is 1.93. The summed E-state index contributed by atoms with van der Waals surface area (Å²) in [6.45, 7) is 8.59. The highest BCUT2D eigenvalue weighted by Crippen LogP contribution is 2.37.